The lowest BCUT2D eigenvalue weighted by atomic mass is 10.0. The van der Waals surface area contributed by atoms with E-state index in [1.54, 1.807) is 0 Å². The molecule has 0 radical (unpaired) electrons. The molecule has 1 aromatic rings. The van der Waals surface area contributed by atoms with Crippen molar-refractivity contribution in [3.63, 3.8) is 0 Å². The number of rotatable bonds is 5. The molecule has 0 unspecified atom stereocenters. The summed E-state index contributed by atoms with van der Waals surface area (Å²) in [4.78, 5) is 10.5. The molecule has 0 fully saturated rings. The van der Waals surface area contributed by atoms with Gasteiger partial charge in [0.2, 0.25) is 5.24 Å². The maximum atomic E-state index is 10.5. The maximum absolute atomic E-state index is 10.5. The van der Waals surface area contributed by atoms with Gasteiger partial charge in [-0.25, -0.2) is 0 Å². The zero-order chi connectivity index (χ0) is 11.3. The molecule has 0 saturated carbocycles. The summed E-state index contributed by atoms with van der Waals surface area (Å²) < 4.78 is 5.50. The van der Waals surface area contributed by atoms with Crippen LogP contribution in [0.1, 0.15) is 31.7 Å². The fourth-order valence-electron chi connectivity index (χ4n) is 1.33. The summed E-state index contributed by atoms with van der Waals surface area (Å²) in [6.07, 6.45) is 0.244. The fourth-order valence-corrected chi connectivity index (χ4v) is 1.41. The van der Waals surface area contributed by atoms with Crippen LogP contribution in [0.15, 0.2) is 24.3 Å². The molecule has 0 heterocycles. The van der Waals surface area contributed by atoms with Gasteiger partial charge in [-0.2, -0.15) is 0 Å². The number of hydrogen-bond donors (Lipinski definition) is 0. The minimum atomic E-state index is -0.364. The van der Waals surface area contributed by atoms with Crippen LogP contribution in [0.25, 0.3) is 0 Å². The Hall–Kier alpha value is -1.02. The molecule has 3 heteroatoms. The summed E-state index contributed by atoms with van der Waals surface area (Å²) in [7, 11) is 0. The van der Waals surface area contributed by atoms with Crippen molar-refractivity contribution in [2.75, 3.05) is 6.61 Å². The van der Waals surface area contributed by atoms with E-state index >= 15 is 0 Å². The predicted octanol–water partition coefficient (Wildman–Crippen LogP) is 3.34. The molecule has 0 atom stereocenters. The van der Waals surface area contributed by atoms with Crippen LogP contribution in [0.5, 0.6) is 5.75 Å². The number of ether oxygens (including phenoxy) is 1. The first-order valence-corrected chi connectivity index (χ1v) is 5.39. The van der Waals surface area contributed by atoms with Crippen molar-refractivity contribution >= 4 is 16.8 Å². The Kier molecular flexibility index (Phi) is 4.63. The molecule has 2 nitrogen and oxygen atoms in total. The van der Waals surface area contributed by atoms with E-state index < -0.39 is 0 Å². The number of benzene rings is 1. The first kappa shape index (κ1) is 12.1. The number of carbonyl (C=O) groups is 1. The molecule has 0 saturated heterocycles. The van der Waals surface area contributed by atoms with Gasteiger partial charge < -0.3 is 4.74 Å². The summed E-state index contributed by atoms with van der Waals surface area (Å²) >= 11 is 5.23. The van der Waals surface area contributed by atoms with Crippen molar-refractivity contribution in [2.45, 2.75) is 26.2 Å². The third-order valence-corrected chi connectivity index (χ3v) is 2.29. The van der Waals surface area contributed by atoms with Crippen LogP contribution in [0.2, 0.25) is 0 Å². The van der Waals surface area contributed by atoms with Gasteiger partial charge in [0, 0.05) is 0 Å². The average Bonchev–Trinajstić information content (AvgIpc) is 2.17. The molecule has 0 aliphatic rings. The van der Waals surface area contributed by atoms with Crippen LogP contribution >= 0.6 is 11.6 Å². The lowest BCUT2D eigenvalue weighted by Gasteiger charge is -2.12. The van der Waals surface area contributed by atoms with E-state index in [-0.39, 0.29) is 11.7 Å². The van der Waals surface area contributed by atoms with Crippen LogP contribution in [-0.2, 0) is 4.79 Å². The van der Waals surface area contributed by atoms with Gasteiger partial charge in [-0.05, 0) is 29.1 Å². The predicted molar refractivity (Wildman–Crippen MR) is 61.5 cm³/mol. The number of para-hydroxylation sites is 1. The van der Waals surface area contributed by atoms with E-state index in [0.717, 1.165) is 11.3 Å². The van der Waals surface area contributed by atoms with Crippen molar-refractivity contribution in [1.29, 1.82) is 0 Å². The van der Waals surface area contributed by atoms with Gasteiger partial charge in [0.25, 0.3) is 0 Å². The molecule has 15 heavy (non-hydrogen) atoms. The van der Waals surface area contributed by atoms with Gasteiger partial charge in [0.1, 0.15) is 5.75 Å². The second-order valence-electron chi connectivity index (χ2n) is 3.65. The molecular weight excluding hydrogens is 212 g/mol. The van der Waals surface area contributed by atoms with Gasteiger partial charge in [0.15, 0.2) is 0 Å². The Morgan fingerprint density at radius 1 is 1.40 bits per heavy atom. The lowest BCUT2D eigenvalue weighted by molar-refractivity contribution is -0.112. The zero-order valence-corrected chi connectivity index (χ0v) is 9.75. The van der Waals surface area contributed by atoms with Gasteiger partial charge in [0.05, 0.1) is 13.0 Å². The van der Waals surface area contributed by atoms with Crippen LogP contribution in [0.4, 0.5) is 0 Å². The third kappa shape index (κ3) is 3.92. The van der Waals surface area contributed by atoms with Gasteiger partial charge in [-0.3, -0.25) is 4.79 Å². The van der Waals surface area contributed by atoms with Gasteiger partial charge >= 0.3 is 0 Å². The monoisotopic (exact) mass is 226 g/mol. The second kappa shape index (κ2) is 5.76. The Labute approximate surface area is 95.2 Å². The Balaban J connectivity index is 2.63. The van der Waals surface area contributed by atoms with Crippen molar-refractivity contribution in [3.05, 3.63) is 29.8 Å². The first-order valence-electron chi connectivity index (χ1n) is 5.01. The Bertz CT molecular complexity index is 334. The molecule has 1 rings (SSSR count). The highest BCUT2D eigenvalue weighted by atomic mass is 35.5. The van der Waals surface area contributed by atoms with Crippen molar-refractivity contribution in [1.82, 2.24) is 0 Å². The third-order valence-electron chi connectivity index (χ3n) is 2.10. The molecule has 0 N–H and O–H groups in total. The van der Waals surface area contributed by atoms with E-state index in [1.165, 1.54) is 0 Å². The normalized spacial score (nSPS) is 10.4. The van der Waals surface area contributed by atoms with E-state index in [0.29, 0.717) is 12.5 Å². The molecule has 0 bridgehead atoms. The minimum Gasteiger partial charge on any atom is -0.493 e. The molecule has 1 aromatic carbocycles. The highest BCUT2D eigenvalue weighted by Gasteiger charge is 2.06. The molecule has 0 aromatic heterocycles. The molecule has 0 aliphatic heterocycles. The fraction of sp³-hybridized carbons (Fsp3) is 0.417. The van der Waals surface area contributed by atoms with Crippen LogP contribution in [0, 0.1) is 0 Å². The number of halogens is 1. The Morgan fingerprint density at radius 2 is 2.07 bits per heavy atom. The summed E-state index contributed by atoms with van der Waals surface area (Å²) in [5.74, 6) is 1.25. The minimum absolute atomic E-state index is 0.244. The zero-order valence-electron chi connectivity index (χ0n) is 9.00. The van der Waals surface area contributed by atoms with E-state index in [2.05, 4.69) is 13.8 Å². The van der Waals surface area contributed by atoms with Crippen LogP contribution in [-0.4, -0.2) is 11.8 Å². The number of carbonyl (C=O) groups excluding carboxylic acids is 1. The summed E-state index contributed by atoms with van der Waals surface area (Å²) in [5.41, 5.74) is 1.15. The van der Waals surface area contributed by atoms with Gasteiger partial charge in [-0.1, -0.05) is 32.0 Å². The van der Waals surface area contributed by atoms with Crippen molar-refractivity contribution < 1.29 is 9.53 Å². The van der Waals surface area contributed by atoms with E-state index in [4.69, 9.17) is 16.3 Å². The average molecular weight is 227 g/mol. The molecule has 0 amide bonds. The molecule has 82 valence electrons. The van der Waals surface area contributed by atoms with Crippen molar-refractivity contribution in [2.24, 2.45) is 0 Å². The second-order valence-corrected chi connectivity index (χ2v) is 4.07. The SMILES string of the molecule is CC(C)c1ccccc1OCCC(=O)Cl. The summed E-state index contributed by atoms with van der Waals surface area (Å²) in [5, 5.41) is -0.364. The van der Waals surface area contributed by atoms with Gasteiger partial charge in [-0.15, -0.1) is 0 Å². The lowest BCUT2D eigenvalue weighted by Crippen LogP contribution is -2.03. The van der Waals surface area contributed by atoms with E-state index in [1.807, 2.05) is 24.3 Å². The van der Waals surface area contributed by atoms with Crippen molar-refractivity contribution in [3.8, 4) is 5.75 Å². The first-order chi connectivity index (χ1) is 7.11. The molecular formula is C12H15ClO2. The smallest absolute Gasteiger partial charge is 0.225 e. The summed E-state index contributed by atoms with van der Waals surface area (Å²) in [6.45, 7) is 4.55. The highest BCUT2D eigenvalue weighted by molar-refractivity contribution is 6.63. The molecule has 0 spiro atoms. The van der Waals surface area contributed by atoms with Crippen LogP contribution < -0.4 is 4.74 Å². The topological polar surface area (TPSA) is 26.3 Å². The largest absolute Gasteiger partial charge is 0.493 e. The standard InChI is InChI=1S/C12H15ClO2/c1-9(2)10-5-3-4-6-11(10)15-8-7-12(13)14/h3-6,9H,7-8H2,1-2H3. The number of hydrogen-bond acceptors (Lipinski definition) is 2. The highest BCUT2D eigenvalue weighted by Crippen LogP contribution is 2.25. The van der Waals surface area contributed by atoms with Crippen LogP contribution in [0.3, 0.4) is 0 Å². The quantitative estimate of drug-likeness (QED) is 0.720. The molecule has 0 aliphatic carbocycles. The summed E-state index contributed by atoms with van der Waals surface area (Å²) in [6, 6.07) is 7.84. The van der Waals surface area contributed by atoms with E-state index in [9.17, 15) is 4.79 Å². The maximum Gasteiger partial charge on any atom is 0.225 e. The Morgan fingerprint density at radius 3 is 2.67 bits per heavy atom.